The first kappa shape index (κ1) is 23.8. The minimum absolute atomic E-state index is 0.182. The number of carboxylic acid groups (broad SMARTS) is 1. The second-order valence-corrected chi connectivity index (χ2v) is 8.36. The highest BCUT2D eigenvalue weighted by Gasteiger charge is 2.33. The van der Waals surface area contributed by atoms with Crippen molar-refractivity contribution in [1.29, 1.82) is 0 Å². The maximum Gasteiger partial charge on any atom is 0.341 e. The van der Waals surface area contributed by atoms with E-state index in [0.717, 1.165) is 5.69 Å². The molecule has 2 aromatic carbocycles. The Morgan fingerprint density at radius 1 is 1.22 bits per heavy atom. The van der Waals surface area contributed by atoms with Crippen LogP contribution >= 0.6 is 27.7 Å². The summed E-state index contributed by atoms with van der Waals surface area (Å²) < 4.78 is 16.4. The van der Waals surface area contributed by atoms with Gasteiger partial charge in [-0.1, -0.05) is 34.1 Å². The van der Waals surface area contributed by atoms with E-state index in [0.29, 0.717) is 39.0 Å². The number of methoxy groups -OCH3 is 2. The molecule has 0 aromatic heterocycles. The van der Waals surface area contributed by atoms with Crippen LogP contribution in [0.3, 0.4) is 0 Å². The molecule has 2 aromatic rings. The standard InChI is InChI=1S/C22H21BrN2O6S/c1-29-9-8-25-21(28)19(32-22(25)24-15-6-4-3-5-7-15)11-14-10-17(30-2)18(12-16(14)23)31-13-20(26)27/h3-7,10-12H,8-9,13H2,1-2H3,(H,26,27). The molecule has 1 amide bonds. The van der Waals surface area contributed by atoms with E-state index in [1.54, 1.807) is 30.2 Å². The Morgan fingerprint density at radius 2 is 1.97 bits per heavy atom. The second kappa shape index (κ2) is 11.2. The summed E-state index contributed by atoms with van der Waals surface area (Å²) in [6, 6.07) is 12.7. The van der Waals surface area contributed by atoms with Crippen LogP contribution in [0.4, 0.5) is 5.69 Å². The van der Waals surface area contributed by atoms with Crippen molar-refractivity contribution in [1.82, 2.24) is 4.90 Å². The lowest BCUT2D eigenvalue weighted by molar-refractivity contribution is -0.139. The molecule has 32 heavy (non-hydrogen) atoms. The molecule has 0 aliphatic carbocycles. The fourth-order valence-corrected chi connectivity index (χ4v) is 4.25. The number of carbonyl (C=O) groups is 2. The van der Waals surface area contributed by atoms with E-state index in [1.807, 2.05) is 30.3 Å². The van der Waals surface area contributed by atoms with Gasteiger partial charge in [0, 0.05) is 11.6 Å². The van der Waals surface area contributed by atoms with E-state index in [-0.39, 0.29) is 11.7 Å². The molecule has 1 aliphatic rings. The normalized spacial score (nSPS) is 16.1. The zero-order valence-corrected chi connectivity index (χ0v) is 19.8. The van der Waals surface area contributed by atoms with Crippen molar-refractivity contribution in [3.63, 3.8) is 0 Å². The zero-order chi connectivity index (χ0) is 23.1. The van der Waals surface area contributed by atoms with Gasteiger partial charge in [-0.05, 0) is 47.7 Å². The van der Waals surface area contributed by atoms with Crippen LogP contribution in [0.25, 0.3) is 6.08 Å². The molecule has 1 aliphatic heterocycles. The number of rotatable bonds is 9. The number of carboxylic acids is 1. The summed E-state index contributed by atoms with van der Waals surface area (Å²) in [4.78, 5) is 30.6. The van der Waals surface area contributed by atoms with Crippen LogP contribution in [0.1, 0.15) is 5.56 Å². The number of aliphatic carboxylic acids is 1. The molecule has 10 heteroatoms. The zero-order valence-electron chi connectivity index (χ0n) is 17.4. The van der Waals surface area contributed by atoms with E-state index in [9.17, 15) is 9.59 Å². The highest BCUT2D eigenvalue weighted by molar-refractivity contribution is 9.10. The van der Waals surface area contributed by atoms with Crippen LogP contribution in [-0.2, 0) is 14.3 Å². The molecule has 1 fully saturated rings. The second-order valence-electron chi connectivity index (χ2n) is 6.50. The number of ether oxygens (including phenoxy) is 3. The fourth-order valence-electron chi connectivity index (χ4n) is 2.80. The summed E-state index contributed by atoms with van der Waals surface area (Å²) in [5.74, 6) is -0.643. The lowest BCUT2D eigenvalue weighted by atomic mass is 10.2. The molecule has 8 nitrogen and oxygen atoms in total. The van der Waals surface area contributed by atoms with E-state index in [4.69, 9.17) is 19.3 Å². The van der Waals surface area contributed by atoms with Crippen molar-refractivity contribution >= 4 is 56.5 Å². The number of amidine groups is 1. The van der Waals surface area contributed by atoms with Gasteiger partial charge in [0.15, 0.2) is 23.3 Å². The van der Waals surface area contributed by atoms with Crippen molar-refractivity contribution in [2.45, 2.75) is 0 Å². The highest BCUT2D eigenvalue weighted by atomic mass is 79.9. The number of hydrogen-bond acceptors (Lipinski definition) is 7. The third-order valence-corrected chi connectivity index (χ3v) is 6.00. The first-order valence-electron chi connectivity index (χ1n) is 9.49. The Kier molecular flexibility index (Phi) is 8.32. The van der Waals surface area contributed by atoms with Gasteiger partial charge in [-0.25, -0.2) is 9.79 Å². The summed E-state index contributed by atoms with van der Waals surface area (Å²) in [6.45, 7) is 0.254. The van der Waals surface area contributed by atoms with Gasteiger partial charge in [0.05, 0.1) is 30.9 Å². The Bertz CT molecular complexity index is 1060. The molecule has 0 unspecified atom stereocenters. The Balaban J connectivity index is 1.94. The molecule has 0 spiro atoms. The number of amides is 1. The first-order valence-corrected chi connectivity index (χ1v) is 11.1. The maximum absolute atomic E-state index is 13.1. The van der Waals surface area contributed by atoms with Crippen molar-refractivity contribution < 1.29 is 28.9 Å². The van der Waals surface area contributed by atoms with Gasteiger partial charge in [0.25, 0.3) is 5.91 Å². The SMILES string of the molecule is COCCN1C(=O)C(=Cc2cc(OC)c(OCC(=O)O)cc2Br)SC1=Nc1ccccc1. The molecule has 0 bridgehead atoms. The minimum atomic E-state index is -1.09. The maximum atomic E-state index is 13.1. The largest absolute Gasteiger partial charge is 0.493 e. The monoisotopic (exact) mass is 520 g/mol. The summed E-state index contributed by atoms with van der Waals surface area (Å²) in [5.41, 5.74) is 1.42. The molecule has 0 radical (unpaired) electrons. The van der Waals surface area contributed by atoms with Gasteiger partial charge in [-0.3, -0.25) is 9.69 Å². The lowest BCUT2D eigenvalue weighted by Gasteiger charge is -2.14. The van der Waals surface area contributed by atoms with E-state index in [1.165, 1.54) is 18.9 Å². The van der Waals surface area contributed by atoms with Gasteiger partial charge in [0.2, 0.25) is 0 Å². The van der Waals surface area contributed by atoms with Crippen LogP contribution in [-0.4, -0.2) is 61.0 Å². The number of thioether (sulfide) groups is 1. The van der Waals surface area contributed by atoms with Crippen LogP contribution in [0.5, 0.6) is 11.5 Å². The topological polar surface area (TPSA) is 97.7 Å². The quantitative estimate of drug-likeness (QED) is 0.495. The van der Waals surface area contributed by atoms with Crippen LogP contribution in [0, 0.1) is 0 Å². The number of aliphatic imine (C=N–C) groups is 1. The molecule has 168 valence electrons. The van der Waals surface area contributed by atoms with Gasteiger partial charge >= 0.3 is 5.97 Å². The van der Waals surface area contributed by atoms with Gasteiger partial charge in [-0.15, -0.1) is 0 Å². The van der Waals surface area contributed by atoms with Gasteiger partial charge < -0.3 is 19.3 Å². The van der Waals surface area contributed by atoms with Crippen molar-refractivity contribution in [3.8, 4) is 11.5 Å². The number of halogens is 1. The predicted molar refractivity (Wildman–Crippen MR) is 127 cm³/mol. The summed E-state index contributed by atoms with van der Waals surface area (Å²) in [6.07, 6.45) is 1.73. The number of benzene rings is 2. The Morgan fingerprint density at radius 3 is 2.62 bits per heavy atom. The molecule has 1 heterocycles. The van der Waals surface area contributed by atoms with Crippen LogP contribution in [0.15, 0.2) is 56.8 Å². The Hall–Kier alpha value is -2.82. The third-order valence-electron chi connectivity index (χ3n) is 4.31. The molecule has 1 saturated heterocycles. The number of para-hydroxylation sites is 1. The van der Waals surface area contributed by atoms with Crippen molar-refractivity contribution in [2.24, 2.45) is 4.99 Å². The molecular weight excluding hydrogens is 500 g/mol. The van der Waals surface area contributed by atoms with E-state index < -0.39 is 12.6 Å². The average Bonchev–Trinajstić information content (AvgIpc) is 3.06. The van der Waals surface area contributed by atoms with E-state index in [2.05, 4.69) is 20.9 Å². The Labute approximate surface area is 198 Å². The lowest BCUT2D eigenvalue weighted by Crippen LogP contribution is -2.32. The third kappa shape index (κ3) is 5.90. The van der Waals surface area contributed by atoms with Gasteiger partial charge in [0.1, 0.15) is 0 Å². The van der Waals surface area contributed by atoms with E-state index >= 15 is 0 Å². The molecule has 3 rings (SSSR count). The minimum Gasteiger partial charge on any atom is -0.493 e. The summed E-state index contributed by atoms with van der Waals surface area (Å²) in [7, 11) is 3.04. The first-order chi connectivity index (χ1) is 15.4. The average molecular weight is 521 g/mol. The summed E-state index contributed by atoms with van der Waals surface area (Å²) >= 11 is 4.73. The smallest absolute Gasteiger partial charge is 0.341 e. The predicted octanol–water partition coefficient (Wildman–Crippen LogP) is 4.17. The highest BCUT2D eigenvalue weighted by Crippen LogP contribution is 2.38. The van der Waals surface area contributed by atoms with Crippen LogP contribution < -0.4 is 9.47 Å². The van der Waals surface area contributed by atoms with Crippen molar-refractivity contribution in [2.75, 3.05) is 34.0 Å². The fraction of sp³-hybridized carbons (Fsp3) is 0.227. The van der Waals surface area contributed by atoms with Crippen molar-refractivity contribution in [3.05, 3.63) is 57.4 Å². The molecule has 0 saturated carbocycles. The number of nitrogens with zero attached hydrogens (tertiary/aromatic N) is 2. The van der Waals surface area contributed by atoms with Gasteiger partial charge in [-0.2, -0.15) is 0 Å². The number of carbonyl (C=O) groups excluding carboxylic acids is 1. The molecular formula is C22H21BrN2O6S. The van der Waals surface area contributed by atoms with Crippen LogP contribution in [0.2, 0.25) is 0 Å². The molecule has 1 N–H and O–H groups in total. The summed E-state index contributed by atoms with van der Waals surface area (Å²) in [5, 5.41) is 9.41. The molecule has 0 atom stereocenters. The number of hydrogen-bond donors (Lipinski definition) is 1.